The molecule has 0 aliphatic rings. The highest BCUT2D eigenvalue weighted by molar-refractivity contribution is 8.03. The molecule has 0 aliphatic heterocycles. The first-order chi connectivity index (χ1) is 11.4. The predicted octanol–water partition coefficient (Wildman–Crippen LogP) is 3.75. The van der Waals surface area contributed by atoms with E-state index in [2.05, 4.69) is 15.2 Å². The Balaban J connectivity index is 2.19. The van der Waals surface area contributed by atoms with Crippen molar-refractivity contribution in [2.45, 2.75) is 41.6 Å². The van der Waals surface area contributed by atoms with Crippen molar-refractivity contribution in [1.29, 1.82) is 0 Å². The minimum Gasteiger partial charge on any atom is -0.462 e. The highest BCUT2D eigenvalue weighted by Crippen LogP contribution is 2.32. The number of ether oxygens (including phenoxy) is 1. The fraction of sp³-hybridized carbons (Fsp3) is 0.467. The van der Waals surface area contributed by atoms with E-state index in [9.17, 15) is 9.59 Å². The zero-order valence-electron chi connectivity index (χ0n) is 14.1. The van der Waals surface area contributed by atoms with Gasteiger partial charge in [0.05, 0.1) is 23.1 Å². The van der Waals surface area contributed by atoms with E-state index in [0.717, 1.165) is 8.68 Å². The molecule has 9 heteroatoms. The van der Waals surface area contributed by atoms with E-state index in [0.29, 0.717) is 29.1 Å². The Hall–Kier alpha value is -1.32. The van der Waals surface area contributed by atoms with Crippen molar-refractivity contribution in [1.82, 2.24) is 15.2 Å². The number of ketones is 1. The summed E-state index contributed by atoms with van der Waals surface area (Å²) in [5.41, 5.74) is 2.17. The molecule has 0 saturated carbocycles. The first-order valence-corrected chi connectivity index (χ1v) is 10.3. The second-order valence-electron chi connectivity index (χ2n) is 5.01. The first-order valence-electron chi connectivity index (χ1n) is 7.33. The molecule has 0 spiro atoms. The van der Waals surface area contributed by atoms with E-state index in [1.165, 1.54) is 34.9 Å². The van der Waals surface area contributed by atoms with E-state index in [-0.39, 0.29) is 11.0 Å². The highest BCUT2D eigenvalue weighted by Gasteiger charge is 2.26. The smallest absolute Gasteiger partial charge is 0.340 e. The number of carbonyl (C=O) groups is 2. The number of rotatable bonds is 7. The molecule has 2 aromatic rings. The van der Waals surface area contributed by atoms with Gasteiger partial charge in [0.25, 0.3) is 0 Å². The molecule has 1 N–H and O–H groups in total. The summed E-state index contributed by atoms with van der Waals surface area (Å²) in [5.74, 6) is -0.478. The molecule has 2 rings (SSSR count). The Morgan fingerprint density at radius 1 is 1.29 bits per heavy atom. The van der Waals surface area contributed by atoms with Crippen molar-refractivity contribution in [3.63, 3.8) is 0 Å². The van der Waals surface area contributed by atoms with E-state index in [1.807, 2.05) is 13.2 Å². The van der Waals surface area contributed by atoms with Gasteiger partial charge >= 0.3 is 5.97 Å². The molecule has 2 heterocycles. The van der Waals surface area contributed by atoms with Crippen LogP contribution in [0.1, 0.15) is 46.0 Å². The van der Waals surface area contributed by atoms with Gasteiger partial charge in [0.1, 0.15) is 0 Å². The van der Waals surface area contributed by atoms with Crippen LogP contribution in [0.2, 0.25) is 0 Å². The topological polar surface area (TPSA) is 84.9 Å². The summed E-state index contributed by atoms with van der Waals surface area (Å²) in [6.45, 7) is 7.41. The Labute approximate surface area is 153 Å². The molecule has 0 bridgehead atoms. The van der Waals surface area contributed by atoms with Crippen LogP contribution in [0, 0.1) is 13.8 Å². The summed E-state index contributed by atoms with van der Waals surface area (Å²) in [7, 11) is 0. The Morgan fingerprint density at radius 2 is 1.96 bits per heavy atom. The number of H-pyrrole nitrogens is 1. The molecule has 2 aromatic heterocycles. The number of hydrogen-bond donors (Lipinski definition) is 1. The maximum absolute atomic E-state index is 12.7. The summed E-state index contributed by atoms with van der Waals surface area (Å²) >= 11 is 4.36. The molecule has 0 aliphatic carbocycles. The Bertz CT molecular complexity index is 754. The van der Waals surface area contributed by atoms with Crippen molar-refractivity contribution in [2.24, 2.45) is 0 Å². The Morgan fingerprint density at radius 3 is 2.54 bits per heavy atom. The van der Waals surface area contributed by atoms with Crippen LogP contribution in [0.5, 0.6) is 0 Å². The van der Waals surface area contributed by atoms with Gasteiger partial charge in [0.15, 0.2) is 14.5 Å². The molecule has 130 valence electrons. The summed E-state index contributed by atoms with van der Waals surface area (Å²) in [4.78, 5) is 27.8. The van der Waals surface area contributed by atoms with Gasteiger partial charge in [0.2, 0.25) is 0 Å². The van der Waals surface area contributed by atoms with Gasteiger partial charge in [-0.2, -0.15) is 0 Å². The lowest BCUT2D eigenvalue weighted by atomic mass is 10.1. The molecule has 0 aromatic carbocycles. The summed E-state index contributed by atoms with van der Waals surface area (Å²) in [6, 6.07) is 0. The molecule has 24 heavy (non-hydrogen) atoms. The van der Waals surface area contributed by atoms with E-state index >= 15 is 0 Å². The quantitative estimate of drug-likeness (QED) is 0.441. The van der Waals surface area contributed by atoms with Crippen molar-refractivity contribution >= 4 is 46.6 Å². The van der Waals surface area contributed by atoms with Gasteiger partial charge in [-0.15, -0.1) is 10.2 Å². The number of aromatic nitrogens is 3. The monoisotopic (exact) mass is 385 g/mol. The van der Waals surface area contributed by atoms with Crippen molar-refractivity contribution in [3.8, 4) is 0 Å². The largest absolute Gasteiger partial charge is 0.462 e. The van der Waals surface area contributed by atoms with E-state index in [4.69, 9.17) is 4.74 Å². The van der Waals surface area contributed by atoms with Crippen molar-refractivity contribution in [3.05, 3.63) is 22.5 Å². The molecule has 0 radical (unpaired) electrons. The normalized spacial score (nSPS) is 12.2. The average molecular weight is 386 g/mol. The van der Waals surface area contributed by atoms with Crippen LogP contribution in [0.25, 0.3) is 0 Å². The molecular weight excluding hydrogens is 366 g/mol. The molecule has 0 saturated heterocycles. The van der Waals surface area contributed by atoms with Crippen LogP contribution >= 0.6 is 34.9 Å². The second-order valence-corrected chi connectivity index (χ2v) is 8.63. The lowest BCUT2D eigenvalue weighted by Crippen LogP contribution is -2.15. The molecule has 6 nitrogen and oxygen atoms in total. The van der Waals surface area contributed by atoms with Gasteiger partial charge in [-0.05, 0) is 39.5 Å². The standard InChI is InChI=1S/C15H19N3O3S3/c1-6-21-13(20)10-7(2)11(16-8(10)3)12(19)9(4)23-15-18-17-14(22-5)24-15/h9,16H,6H2,1-5H3/t9-/m1/s1. The average Bonchev–Trinajstić information content (AvgIpc) is 3.10. The molecule has 0 unspecified atom stereocenters. The maximum atomic E-state index is 12.7. The number of nitrogens with zero attached hydrogens (tertiary/aromatic N) is 2. The number of hydrogen-bond acceptors (Lipinski definition) is 8. The van der Waals surface area contributed by atoms with Crippen LogP contribution in [-0.4, -0.2) is 45.0 Å². The third-order valence-corrected chi connectivity index (χ3v) is 6.46. The van der Waals surface area contributed by atoms with Crippen LogP contribution in [-0.2, 0) is 4.74 Å². The van der Waals surface area contributed by atoms with Crippen molar-refractivity contribution in [2.75, 3.05) is 12.9 Å². The van der Waals surface area contributed by atoms with Gasteiger partial charge in [-0.3, -0.25) is 4.79 Å². The van der Waals surface area contributed by atoms with Crippen molar-refractivity contribution < 1.29 is 14.3 Å². The maximum Gasteiger partial charge on any atom is 0.340 e. The van der Waals surface area contributed by atoms with Gasteiger partial charge in [-0.25, -0.2) is 4.79 Å². The molecule has 1 atom stereocenters. The summed E-state index contributed by atoms with van der Waals surface area (Å²) < 4.78 is 6.68. The molecular formula is C15H19N3O3S3. The summed E-state index contributed by atoms with van der Waals surface area (Å²) in [5, 5.41) is 7.77. The molecule has 0 fully saturated rings. The second kappa shape index (κ2) is 8.17. The zero-order chi connectivity index (χ0) is 17.9. The lowest BCUT2D eigenvalue weighted by molar-refractivity contribution is 0.0525. The number of esters is 1. The number of carbonyl (C=O) groups excluding carboxylic acids is 2. The fourth-order valence-corrected chi connectivity index (χ4v) is 4.88. The van der Waals surface area contributed by atoms with E-state index < -0.39 is 5.97 Å². The van der Waals surface area contributed by atoms with Gasteiger partial charge < -0.3 is 9.72 Å². The SMILES string of the molecule is CCOC(=O)c1c(C)[nH]c(C(=O)[C@@H](C)Sc2nnc(SC)s2)c1C. The number of aryl methyl sites for hydroxylation is 1. The first kappa shape index (κ1) is 19.0. The summed E-state index contributed by atoms with van der Waals surface area (Å²) in [6.07, 6.45) is 1.94. The third-order valence-electron chi connectivity index (χ3n) is 3.37. The third kappa shape index (κ3) is 4.01. The van der Waals surface area contributed by atoms with Crippen LogP contribution in [0.15, 0.2) is 8.68 Å². The minimum absolute atomic E-state index is 0.0722. The van der Waals surface area contributed by atoms with Crippen LogP contribution in [0.3, 0.4) is 0 Å². The zero-order valence-corrected chi connectivity index (χ0v) is 16.6. The fourth-order valence-electron chi connectivity index (χ4n) is 2.24. The number of thioether (sulfide) groups is 2. The minimum atomic E-state index is -0.406. The van der Waals surface area contributed by atoms with Gasteiger partial charge in [-0.1, -0.05) is 34.9 Å². The van der Waals surface area contributed by atoms with Crippen LogP contribution < -0.4 is 0 Å². The Kier molecular flexibility index (Phi) is 6.47. The van der Waals surface area contributed by atoms with Crippen LogP contribution in [0.4, 0.5) is 0 Å². The molecule has 0 amide bonds. The predicted molar refractivity (Wildman–Crippen MR) is 97.6 cm³/mol. The number of nitrogens with one attached hydrogen (secondary N) is 1. The highest BCUT2D eigenvalue weighted by atomic mass is 32.2. The van der Waals surface area contributed by atoms with E-state index in [1.54, 1.807) is 20.8 Å². The number of Topliss-reactive ketones (excluding diaryl/α,β-unsaturated/α-hetero) is 1. The van der Waals surface area contributed by atoms with Gasteiger partial charge in [0, 0.05) is 5.69 Å². The number of aromatic amines is 1. The lowest BCUT2D eigenvalue weighted by Gasteiger charge is -2.07.